The molecule has 1 saturated carbocycles. The molecule has 88 valence electrons. The minimum Gasteiger partial charge on any atom is -0.378 e. The van der Waals surface area contributed by atoms with E-state index in [-0.39, 0.29) is 0 Å². The van der Waals surface area contributed by atoms with Gasteiger partial charge in [0, 0.05) is 12.6 Å². The van der Waals surface area contributed by atoms with Crippen LogP contribution in [0.2, 0.25) is 0 Å². The van der Waals surface area contributed by atoms with Crippen LogP contribution in [0.1, 0.15) is 32.6 Å². The average Bonchev–Trinajstić information content (AvgIpc) is 2.23. The maximum absolute atomic E-state index is 5.55. The number of nitrogens with one attached hydrogen (secondary N) is 2. The zero-order valence-corrected chi connectivity index (χ0v) is 9.80. The lowest BCUT2D eigenvalue weighted by molar-refractivity contribution is -0.0107. The molecule has 2 fully saturated rings. The molecule has 1 aliphatic heterocycles. The van der Waals surface area contributed by atoms with Crippen molar-refractivity contribution in [2.45, 2.75) is 44.8 Å². The van der Waals surface area contributed by atoms with Gasteiger partial charge in [0.1, 0.15) is 0 Å². The van der Waals surface area contributed by atoms with Crippen LogP contribution in [0, 0.1) is 5.92 Å². The first-order valence-electron chi connectivity index (χ1n) is 6.44. The second-order valence-corrected chi connectivity index (χ2v) is 4.87. The lowest BCUT2D eigenvalue weighted by Gasteiger charge is -2.37. The van der Waals surface area contributed by atoms with Crippen molar-refractivity contribution in [3.05, 3.63) is 0 Å². The van der Waals surface area contributed by atoms with Crippen molar-refractivity contribution < 1.29 is 4.74 Å². The molecule has 0 bridgehead atoms. The standard InChI is InChI=1S/C12H24N2O/c1-2-15-12-6-11(7-12)14-9-10-4-3-5-13-8-10/h10-14H,2-9H2,1H3. The molecule has 1 aliphatic carbocycles. The van der Waals surface area contributed by atoms with Crippen LogP contribution >= 0.6 is 0 Å². The SMILES string of the molecule is CCOC1CC(NCC2CCCNC2)C1. The van der Waals surface area contributed by atoms with Gasteiger partial charge in [-0.15, -0.1) is 0 Å². The van der Waals surface area contributed by atoms with Crippen LogP contribution in [-0.2, 0) is 4.74 Å². The predicted octanol–water partition coefficient (Wildman–Crippen LogP) is 1.14. The molecule has 3 heteroatoms. The Morgan fingerprint density at radius 2 is 2.27 bits per heavy atom. The molecule has 2 aliphatic rings. The van der Waals surface area contributed by atoms with Gasteiger partial charge in [-0.05, 0) is 58.2 Å². The number of ether oxygens (including phenoxy) is 1. The Hall–Kier alpha value is -0.120. The predicted molar refractivity (Wildman–Crippen MR) is 62.0 cm³/mol. The number of hydrogen-bond donors (Lipinski definition) is 2. The summed E-state index contributed by atoms with van der Waals surface area (Å²) in [6.45, 7) is 6.55. The zero-order valence-electron chi connectivity index (χ0n) is 9.80. The Morgan fingerprint density at radius 3 is 2.93 bits per heavy atom. The molecule has 1 unspecified atom stereocenters. The molecule has 1 saturated heterocycles. The summed E-state index contributed by atoms with van der Waals surface area (Å²) in [4.78, 5) is 0. The van der Waals surface area contributed by atoms with Gasteiger partial charge in [-0.3, -0.25) is 0 Å². The first-order chi connectivity index (χ1) is 7.38. The van der Waals surface area contributed by atoms with E-state index < -0.39 is 0 Å². The molecule has 0 aromatic carbocycles. The van der Waals surface area contributed by atoms with Crippen molar-refractivity contribution in [3.8, 4) is 0 Å². The van der Waals surface area contributed by atoms with Gasteiger partial charge in [-0.25, -0.2) is 0 Å². The Labute approximate surface area is 93.0 Å². The van der Waals surface area contributed by atoms with Gasteiger partial charge in [0.25, 0.3) is 0 Å². The fraction of sp³-hybridized carbons (Fsp3) is 1.00. The van der Waals surface area contributed by atoms with E-state index in [1.165, 1.54) is 45.3 Å². The van der Waals surface area contributed by atoms with Crippen molar-refractivity contribution in [2.24, 2.45) is 5.92 Å². The highest BCUT2D eigenvalue weighted by molar-refractivity contribution is 4.87. The molecule has 2 N–H and O–H groups in total. The van der Waals surface area contributed by atoms with Gasteiger partial charge in [-0.2, -0.15) is 0 Å². The lowest BCUT2D eigenvalue weighted by Crippen LogP contribution is -2.48. The van der Waals surface area contributed by atoms with Gasteiger partial charge >= 0.3 is 0 Å². The highest BCUT2D eigenvalue weighted by atomic mass is 16.5. The van der Waals surface area contributed by atoms with E-state index in [0.29, 0.717) is 6.10 Å². The average molecular weight is 212 g/mol. The van der Waals surface area contributed by atoms with E-state index in [4.69, 9.17) is 4.74 Å². The zero-order chi connectivity index (χ0) is 10.5. The number of piperidine rings is 1. The van der Waals surface area contributed by atoms with E-state index in [2.05, 4.69) is 17.6 Å². The van der Waals surface area contributed by atoms with Crippen molar-refractivity contribution in [1.29, 1.82) is 0 Å². The van der Waals surface area contributed by atoms with Crippen molar-refractivity contribution in [1.82, 2.24) is 10.6 Å². The molecule has 0 aromatic rings. The van der Waals surface area contributed by atoms with E-state index in [9.17, 15) is 0 Å². The third-order valence-corrected chi connectivity index (χ3v) is 3.59. The number of hydrogen-bond acceptors (Lipinski definition) is 3. The monoisotopic (exact) mass is 212 g/mol. The molecule has 1 atom stereocenters. The Balaban J connectivity index is 1.52. The Kier molecular flexibility index (Phi) is 4.42. The molecular weight excluding hydrogens is 188 g/mol. The minimum atomic E-state index is 0.539. The first kappa shape index (κ1) is 11.4. The Morgan fingerprint density at radius 1 is 1.40 bits per heavy atom. The highest BCUT2D eigenvalue weighted by Gasteiger charge is 2.29. The molecule has 0 radical (unpaired) electrons. The summed E-state index contributed by atoms with van der Waals surface area (Å²) in [7, 11) is 0. The van der Waals surface area contributed by atoms with Gasteiger partial charge in [0.2, 0.25) is 0 Å². The lowest BCUT2D eigenvalue weighted by atomic mass is 9.88. The molecule has 0 amide bonds. The molecule has 0 spiro atoms. The van der Waals surface area contributed by atoms with Crippen LogP contribution in [0.5, 0.6) is 0 Å². The number of rotatable bonds is 5. The normalized spacial score (nSPS) is 36.2. The van der Waals surface area contributed by atoms with Crippen LogP contribution in [0.15, 0.2) is 0 Å². The quantitative estimate of drug-likeness (QED) is 0.717. The summed E-state index contributed by atoms with van der Waals surface area (Å²) in [6, 6.07) is 0.725. The van der Waals surface area contributed by atoms with Crippen molar-refractivity contribution in [3.63, 3.8) is 0 Å². The Bertz CT molecular complexity index is 174. The summed E-state index contributed by atoms with van der Waals surface area (Å²) in [6.07, 6.45) is 5.71. The molecule has 1 heterocycles. The van der Waals surface area contributed by atoms with Crippen LogP contribution in [-0.4, -0.2) is 38.4 Å². The van der Waals surface area contributed by atoms with Gasteiger partial charge < -0.3 is 15.4 Å². The maximum Gasteiger partial charge on any atom is 0.0604 e. The maximum atomic E-state index is 5.55. The largest absolute Gasteiger partial charge is 0.378 e. The molecule has 15 heavy (non-hydrogen) atoms. The topological polar surface area (TPSA) is 33.3 Å². The van der Waals surface area contributed by atoms with Gasteiger partial charge in [0.15, 0.2) is 0 Å². The molecule has 3 nitrogen and oxygen atoms in total. The van der Waals surface area contributed by atoms with E-state index in [1.807, 2.05) is 0 Å². The van der Waals surface area contributed by atoms with E-state index >= 15 is 0 Å². The van der Waals surface area contributed by atoms with Crippen LogP contribution in [0.25, 0.3) is 0 Å². The highest BCUT2D eigenvalue weighted by Crippen LogP contribution is 2.23. The fourth-order valence-corrected chi connectivity index (χ4v) is 2.54. The van der Waals surface area contributed by atoms with Crippen molar-refractivity contribution in [2.75, 3.05) is 26.2 Å². The van der Waals surface area contributed by atoms with E-state index in [0.717, 1.165) is 18.6 Å². The third kappa shape index (κ3) is 3.44. The smallest absolute Gasteiger partial charge is 0.0604 e. The van der Waals surface area contributed by atoms with Gasteiger partial charge in [0.05, 0.1) is 6.10 Å². The molecule has 2 rings (SSSR count). The van der Waals surface area contributed by atoms with E-state index in [1.54, 1.807) is 0 Å². The van der Waals surface area contributed by atoms with Crippen LogP contribution in [0.4, 0.5) is 0 Å². The summed E-state index contributed by atoms with van der Waals surface area (Å²) < 4.78 is 5.55. The fourth-order valence-electron chi connectivity index (χ4n) is 2.54. The second kappa shape index (κ2) is 5.83. The summed E-state index contributed by atoms with van der Waals surface area (Å²) in [5, 5.41) is 7.12. The minimum absolute atomic E-state index is 0.539. The van der Waals surface area contributed by atoms with Gasteiger partial charge in [-0.1, -0.05) is 0 Å². The van der Waals surface area contributed by atoms with Crippen LogP contribution < -0.4 is 10.6 Å². The summed E-state index contributed by atoms with van der Waals surface area (Å²) in [5.74, 6) is 0.852. The molecular formula is C12H24N2O. The van der Waals surface area contributed by atoms with Crippen molar-refractivity contribution >= 4 is 0 Å². The second-order valence-electron chi connectivity index (χ2n) is 4.87. The molecule has 0 aromatic heterocycles. The first-order valence-corrected chi connectivity index (χ1v) is 6.44. The van der Waals surface area contributed by atoms with Crippen LogP contribution in [0.3, 0.4) is 0 Å². The summed E-state index contributed by atoms with van der Waals surface area (Å²) in [5.41, 5.74) is 0. The summed E-state index contributed by atoms with van der Waals surface area (Å²) >= 11 is 0. The third-order valence-electron chi connectivity index (χ3n) is 3.59.